The molecule has 2 unspecified atom stereocenters. The largest absolute Gasteiger partial charge is 0.444 e. The summed E-state index contributed by atoms with van der Waals surface area (Å²) in [5.74, 6) is 0.713. The number of halogens is 1. The molecular weight excluding hydrogens is 322 g/mol. The number of hydrogen-bond donors (Lipinski definition) is 0. The summed E-state index contributed by atoms with van der Waals surface area (Å²) in [6.45, 7) is 7.78. The molecule has 2 atom stereocenters. The lowest BCUT2D eigenvalue weighted by Gasteiger charge is -2.24. The molecule has 0 aromatic heterocycles. The number of alkyl halides is 1. The highest BCUT2D eigenvalue weighted by molar-refractivity contribution is 9.09. The van der Waals surface area contributed by atoms with Crippen molar-refractivity contribution in [2.75, 3.05) is 19.7 Å². The standard InChI is InChI=1S/C15H26BrNO3/c1-15(2,3)20-14(18)17-8-12(16)13(9-17)19-10-11-6-4-5-7-11/h11-13H,4-10H2,1-3H3. The molecule has 0 radical (unpaired) electrons. The number of carbonyl (C=O) groups is 1. The molecule has 1 amide bonds. The zero-order chi connectivity index (χ0) is 14.8. The molecule has 2 rings (SSSR count). The van der Waals surface area contributed by atoms with Crippen LogP contribution in [-0.2, 0) is 9.47 Å². The van der Waals surface area contributed by atoms with Crippen LogP contribution in [-0.4, -0.2) is 47.2 Å². The Hall–Kier alpha value is -0.290. The number of hydrogen-bond acceptors (Lipinski definition) is 3. The van der Waals surface area contributed by atoms with Gasteiger partial charge in [0.2, 0.25) is 0 Å². The highest BCUT2D eigenvalue weighted by Crippen LogP contribution is 2.28. The first kappa shape index (κ1) is 16.1. The van der Waals surface area contributed by atoms with E-state index in [1.807, 2.05) is 20.8 Å². The zero-order valence-electron chi connectivity index (χ0n) is 12.7. The Morgan fingerprint density at radius 1 is 1.25 bits per heavy atom. The van der Waals surface area contributed by atoms with Gasteiger partial charge in [0, 0.05) is 13.2 Å². The van der Waals surface area contributed by atoms with Crippen LogP contribution in [0.1, 0.15) is 46.5 Å². The molecule has 0 aromatic rings. The predicted octanol–water partition coefficient (Wildman–Crippen LogP) is 3.58. The summed E-state index contributed by atoms with van der Waals surface area (Å²) in [5.41, 5.74) is -0.443. The minimum absolute atomic E-state index is 0.0862. The van der Waals surface area contributed by atoms with Gasteiger partial charge in [-0.05, 0) is 39.5 Å². The van der Waals surface area contributed by atoms with Gasteiger partial charge in [0.15, 0.2) is 0 Å². The van der Waals surface area contributed by atoms with Gasteiger partial charge >= 0.3 is 6.09 Å². The molecule has 0 N–H and O–H groups in total. The fraction of sp³-hybridized carbons (Fsp3) is 0.933. The maximum absolute atomic E-state index is 12.0. The maximum Gasteiger partial charge on any atom is 0.410 e. The lowest BCUT2D eigenvalue weighted by Crippen LogP contribution is -2.36. The minimum atomic E-state index is -0.443. The molecule has 20 heavy (non-hydrogen) atoms. The predicted molar refractivity (Wildman–Crippen MR) is 82.2 cm³/mol. The van der Waals surface area contributed by atoms with E-state index in [4.69, 9.17) is 9.47 Å². The van der Waals surface area contributed by atoms with Gasteiger partial charge in [0.25, 0.3) is 0 Å². The Bertz CT molecular complexity index is 337. The molecule has 4 nitrogen and oxygen atoms in total. The number of nitrogens with zero attached hydrogens (tertiary/aromatic N) is 1. The summed E-state index contributed by atoms with van der Waals surface area (Å²) in [6.07, 6.45) is 5.09. The van der Waals surface area contributed by atoms with Crippen molar-refractivity contribution < 1.29 is 14.3 Å². The van der Waals surface area contributed by atoms with Crippen LogP contribution >= 0.6 is 15.9 Å². The third kappa shape index (κ3) is 4.62. The molecule has 1 saturated heterocycles. The minimum Gasteiger partial charge on any atom is -0.444 e. The van der Waals surface area contributed by atoms with Crippen molar-refractivity contribution in [3.63, 3.8) is 0 Å². The quantitative estimate of drug-likeness (QED) is 0.732. The van der Waals surface area contributed by atoms with Crippen molar-refractivity contribution in [1.82, 2.24) is 4.90 Å². The zero-order valence-corrected chi connectivity index (χ0v) is 14.3. The fourth-order valence-corrected chi connectivity index (χ4v) is 3.47. The van der Waals surface area contributed by atoms with E-state index in [9.17, 15) is 4.79 Å². The lowest BCUT2D eigenvalue weighted by molar-refractivity contribution is 0.0163. The molecule has 0 bridgehead atoms. The smallest absolute Gasteiger partial charge is 0.410 e. The number of amides is 1. The summed E-state index contributed by atoms with van der Waals surface area (Å²) < 4.78 is 11.4. The van der Waals surface area contributed by atoms with E-state index in [2.05, 4.69) is 15.9 Å². The summed E-state index contributed by atoms with van der Waals surface area (Å²) in [6, 6.07) is 0. The summed E-state index contributed by atoms with van der Waals surface area (Å²) in [7, 11) is 0. The van der Waals surface area contributed by atoms with Gasteiger partial charge in [-0.15, -0.1) is 0 Å². The third-order valence-corrected chi connectivity index (χ3v) is 4.75. The van der Waals surface area contributed by atoms with Crippen molar-refractivity contribution in [3.8, 4) is 0 Å². The molecule has 1 aliphatic carbocycles. The average molecular weight is 348 g/mol. The Morgan fingerprint density at radius 3 is 2.50 bits per heavy atom. The molecule has 1 heterocycles. The second-order valence-electron chi connectivity index (χ2n) is 6.92. The van der Waals surface area contributed by atoms with Gasteiger partial charge in [0.05, 0.1) is 17.5 Å². The summed E-state index contributed by atoms with van der Waals surface area (Å²) in [4.78, 5) is 14.0. The number of rotatable bonds is 3. The van der Waals surface area contributed by atoms with Crippen LogP contribution in [0.3, 0.4) is 0 Å². The Morgan fingerprint density at radius 2 is 1.90 bits per heavy atom. The van der Waals surface area contributed by atoms with Crippen molar-refractivity contribution in [2.45, 2.75) is 63.0 Å². The highest BCUT2D eigenvalue weighted by Gasteiger charge is 2.36. The number of likely N-dealkylation sites (tertiary alicyclic amines) is 1. The first-order valence-corrected chi connectivity index (χ1v) is 8.50. The second-order valence-corrected chi connectivity index (χ2v) is 8.10. The van der Waals surface area contributed by atoms with Crippen molar-refractivity contribution in [3.05, 3.63) is 0 Å². The molecule has 1 saturated carbocycles. The average Bonchev–Trinajstić information content (AvgIpc) is 2.93. The summed E-state index contributed by atoms with van der Waals surface area (Å²) >= 11 is 3.63. The maximum atomic E-state index is 12.0. The Balaban J connectivity index is 1.77. The Kier molecular flexibility index (Phi) is 5.35. The van der Waals surface area contributed by atoms with Gasteiger partial charge in [-0.3, -0.25) is 0 Å². The molecule has 0 aromatic carbocycles. The van der Waals surface area contributed by atoms with Gasteiger partial charge in [-0.1, -0.05) is 28.8 Å². The highest BCUT2D eigenvalue weighted by atomic mass is 79.9. The van der Waals surface area contributed by atoms with Gasteiger partial charge in [-0.25, -0.2) is 4.79 Å². The Labute approximate surface area is 130 Å². The molecule has 0 spiro atoms. The van der Waals surface area contributed by atoms with Crippen LogP contribution < -0.4 is 0 Å². The summed E-state index contributed by atoms with van der Waals surface area (Å²) in [5, 5.41) is 0. The van der Waals surface area contributed by atoms with Crippen LogP contribution in [0, 0.1) is 5.92 Å². The first-order chi connectivity index (χ1) is 9.35. The molecular formula is C15H26BrNO3. The van der Waals surface area contributed by atoms with Crippen LogP contribution in [0.4, 0.5) is 4.79 Å². The topological polar surface area (TPSA) is 38.8 Å². The van der Waals surface area contributed by atoms with Gasteiger partial charge in [-0.2, -0.15) is 0 Å². The lowest BCUT2D eigenvalue weighted by atomic mass is 10.1. The van der Waals surface area contributed by atoms with E-state index in [0.717, 1.165) is 6.61 Å². The second kappa shape index (κ2) is 6.65. The molecule has 116 valence electrons. The fourth-order valence-electron chi connectivity index (χ4n) is 2.80. The molecule has 2 fully saturated rings. The molecule has 1 aliphatic heterocycles. The van der Waals surface area contributed by atoms with E-state index in [1.165, 1.54) is 25.7 Å². The van der Waals surface area contributed by atoms with Crippen LogP contribution in [0.15, 0.2) is 0 Å². The molecule has 2 aliphatic rings. The van der Waals surface area contributed by atoms with Crippen molar-refractivity contribution in [2.24, 2.45) is 5.92 Å². The van der Waals surface area contributed by atoms with Gasteiger partial charge < -0.3 is 14.4 Å². The van der Waals surface area contributed by atoms with E-state index in [0.29, 0.717) is 19.0 Å². The SMILES string of the molecule is CC(C)(C)OC(=O)N1CC(Br)C(OCC2CCCC2)C1. The van der Waals surface area contributed by atoms with Crippen LogP contribution in [0.25, 0.3) is 0 Å². The van der Waals surface area contributed by atoms with Gasteiger partial charge in [0.1, 0.15) is 5.60 Å². The van der Waals surface area contributed by atoms with Crippen molar-refractivity contribution in [1.29, 1.82) is 0 Å². The van der Waals surface area contributed by atoms with E-state index in [-0.39, 0.29) is 17.0 Å². The number of ether oxygens (including phenoxy) is 2. The van der Waals surface area contributed by atoms with Crippen molar-refractivity contribution >= 4 is 22.0 Å². The third-order valence-electron chi connectivity index (χ3n) is 3.87. The normalized spacial score (nSPS) is 28.1. The van der Waals surface area contributed by atoms with Crippen LogP contribution in [0.2, 0.25) is 0 Å². The van der Waals surface area contributed by atoms with E-state index in [1.54, 1.807) is 4.90 Å². The first-order valence-electron chi connectivity index (χ1n) is 7.59. The monoisotopic (exact) mass is 347 g/mol. The van der Waals surface area contributed by atoms with E-state index < -0.39 is 5.60 Å². The van der Waals surface area contributed by atoms with Crippen LogP contribution in [0.5, 0.6) is 0 Å². The number of carbonyl (C=O) groups excluding carboxylic acids is 1. The molecule has 5 heteroatoms. The van der Waals surface area contributed by atoms with E-state index >= 15 is 0 Å².